The minimum Gasteiger partial charge on any atom is -0.497 e. The molecule has 0 aliphatic carbocycles. The first-order valence-corrected chi connectivity index (χ1v) is 62.7. The van der Waals surface area contributed by atoms with Crippen LogP contribution in [0.15, 0.2) is 195 Å². The quantitative estimate of drug-likeness (QED) is 0.0300. The van der Waals surface area contributed by atoms with E-state index in [1.54, 1.807) is 7.11 Å². The molecule has 0 amide bonds. The maximum atomic E-state index is 12.4. The van der Waals surface area contributed by atoms with Gasteiger partial charge in [0.05, 0.1) is 99.2 Å². The lowest BCUT2D eigenvalue weighted by Crippen LogP contribution is -2.70. The van der Waals surface area contributed by atoms with Crippen LogP contribution in [0.3, 0.4) is 0 Å². The van der Waals surface area contributed by atoms with E-state index in [1.807, 2.05) is 24.3 Å². The van der Waals surface area contributed by atoms with E-state index in [1.165, 1.54) is 20.7 Å². The molecule has 14 nitrogen and oxygen atoms in total. The van der Waals surface area contributed by atoms with Crippen LogP contribution in [0.5, 0.6) is 5.75 Å². The van der Waals surface area contributed by atoms with Gasteiger partial charge in [-0.25, -0.2) is 0 Å². The number of rotatable bonds is 36. The molecule has 0 saturated carbocycles. The Hall–Kier alpha value is -4.36. The molecule has 5 fully saturated rings. The molecule has 5 aliphatic heterocycles. The zero-order chi connectivity index (χ0) is 92.1. The van der Waals surface area contributed by atoms with Crippen molar-refractivity contribution in [3.8, 4) is 5.75 Å². The molecule has 5 aromatic rings. The average molecular weight is 1820 g/mol. The third kappa shape index (κ3) is 24.2. The highest BCUT2D eigenvalue weighted by molar-refractivity contribution is 7.00. The van der Waals surface area contributed by atoms with Gasteiger partial charge in [-0.2, -0.15) is 0 Å². The Morgan fingerprint density at radius 3 is 1.45 bits per heavy atom. The lowest BCUT2D eigenvalue weighted by molar-refractivity contribution is -0.276. The van der Waals surface area contributed by atoms with Crippen LogP contribution >= 0.6 is 0 Å². The zero-order valence-corrected chi connectivity index (χ0v) is 88.6. The van der Waals surface area contributed by atoms with Gasteiger partial charge in [-0.3, -0.25) is 0 Å². The first-order valence-electron chi connectivity index (χ1n) is 47.3. The molecule has 125 heavy (non-hydrogen) atoms. The second kappa shape index (κ2) is 41.4. The van der Waals surface area contributed by atoms with Gasteiger partial charge in [0.2, 0.25) is 0 Å². The van der Waals surface area contributed by atoms with Crippen molar-refractivity contribution in [1.29, 1.82) is 0 Å². The predicted molar refractivity (Wildman–Crippen MR) is 532 cm³/mol. The topological polar surface area (TPSA) is 140 Å². The number of aliphatic hydroxyl groups excluding tert-OH is 1. The highest BCUT2D eigenvalue weighted by atomic mass is 28.4. The number of hydrogen-bond donors (Lipinski definition) is 1. The minimum absolute atomic E-state index is 0.0623. The van der Waals surface area contributed by atoms with E-state index >= 15 is 0 Å². The fraction of sp³-hybridized carbons (Fsp3) is 0.638. The summed E-state index contributed by atoms with van der Waals surface area (Å²) < 4.78 is 97.9. The van der Waals surface area contributed by atoms with Crippen molar-refractivity contribution in [2.45, 2.75) is 402 Å². The zero-order valence-electron chi connectivity index (χ0n) is 82.6. The summed E-state index contributed by atoms with van der Waals surface area (Å²) in [4.78, 5) is 0. The van der Waals surface area contributed by atoms with Crippen LogP contribution in [-0.4, -0.2) is 172 Å². The Labute approximate surface area is 764 Å². The molecule has 694 valence electrons. The van der Waals surface area contributed by atoms with Crippen molar-refractivity contribution in [3.05, 3.63) is 200 Å². The highest BCUT2D eigenvalue weighted by Crippen LogP contribution is 2.51. The Bertz CT molecular complexity index is 4170. The van der Waals surface area contributed by atoms with E-state index < -0.39 is 86.5 Å². The van der Waals surface area contributed by atoms with Crippen LogP contribution < -0.4 is 25.5 Å². The molecule has 5 aliphatic rings. The average Bonchev–Trinajstić information content (AvgIpc) is 0.996. The third-order valence-electron chi connectivity index (χ3n) is 30.2. The van der Waals surface area contributed by atoms with Crippen LogP contribution in [0.25, 0.3) is 0 Å². The molecule has 20 heteroatoms. The number of aliphatic hydroxyl groups is 1. The molecule has 0 bridgehead atoms. The fourth-order valence-corrected chi connectivity index (χ4v) is 33.1. The second-order valence-electron chi connectivity index (χ2n) is 45.5. The van der Waals surface area contributed by atoms with Crippen LogP contribution in [0.4, 0.5) is 0 Å². The summed E-state index contributed by atoms with van der Waals surface area (Å²) >= 11 is 0. The fourth-order valence-electron chi connectivity index (χ4n) is 18.6. The minimum atomic E-state index is -3.18. The molecule has 5 heterocycles. The molecule has 0 radical (unpaired) electrons. The van der Waals surface area contributed by atoms with Crippen molar-refractivity contribution in [1.82, 2.24) is 0 Å². The molecule has 1 N–H and O–H groups in total. The third-order valence-corrected chi connectivity index (χ3v) is 58.2. The van der Waals surface area contributed by atoms with Gasteiger partial charge in [-0.05, 0) is 196 Å². The Balaban J connectivity index is 0.892. The highest BCUT2D eigenvalue weighted by Gasteiger charge is 2.61. The molecule has 0 aromatic heterocycles. The van der Waals surface area contributed by atoms with Crippen molar-refractivity contribution in [2.75, 3.05) is 13.7 Å². The van der Waals surface area contributed by atoms with Crippen molar-refractivity contribution < 1.29 is 64.8 Å². The van der Waals surface area contributed by atoms with Gasteiger partial charge in [-0.1, -0.05) is 303 Å². The molecule has 1 unspecified atom stereocenters. The van der Waals surface area contributed by atoms with Crippen molar-refractivity contribution >= 4 is 70.7 Å². The van der Waals surface area contributed by atoms with Crippen LogP contribution in [0.2, 0.25) is 82.6 Å². The summed E-state index contributed by atoms with van der Waals surface area (Å²) in [6.07, 6.45) is 6.99. The van der Waals surface area contributed by atoms with Gasteiger partial charge in [0.15, 0.2) is 33.3 Å². The molecule has 5 aromatic carbocycles. The van der Waals surface area contributed by atoms with Gasteiger partial charge in [-0.15, -0.1) is 6.58 Å². The number of fused-ring (bicyclic) bond motifs is 1. The first-order chi connectivity index (χ1) is 58.2. The second-order valence-corrected chi connectivity index (χ2v) is 73.1. The molecular formula is C105H166O14Si6. The molecule has 5 saturated heterocycles. The van der Waals surface area contributed by atoms with E-state index in [9.17, 15) is 5.11 Å². The summed E-state index contributed by atoms with van der Waals surface area (Å²) in [5.74, 6) is 0.877. The Morgan fingerprint density at radius 2 is 0.960 bits per heavy atom. The Morgan fingerprint density at radius 1 is 0.472 bits per heavy atom. The van der Waals surface area contributed by atoms with Gasteiger partial charge < -0.3 is 64.8 Å². The largest absolute Gasteiger partial charge is 0.497 e. The van der Waals surface area contributed by atoms with E-state index in [-0.39, 0.29) is 109 Å². The predicted octanol–water partition coefficient (Wildman–Crippen LogP) is 23.3. The summed E-state index contributed by atoms with van der Waals surface area (Å²) in [7, 11) is -14.5. The maximum Gasteiger partial charge on any atom is 0.261 e. The van der Waals surface area contributed by atoms with Crippen molar-refractivity contribution in [3.63, 3.8) is 0 Å². The molecule has 10 rings (SSSR count). The van der Waals surface area contributed by atoms with Crippen molar-refractivity contribution in [2.24, 2.45) is 11.8 Å². The van der Waals surface area contributed by atoms with E-state index in [0.29, 0.717) is 51.7 Å². The maximum absolute atomic E-state index is 12.4. The van der Waals surface area contributed by atoms with E-state index in [2.05, 4.69) is 344 Å². The van der Waals surface area contributed by atoms with Gasteiger partial charge in [0.1, 0.15) is 24.1 Å². The van der Waals surface area contributed by atoms with Crippen LogP contribution in [0, 0.1) is 11.8 Å². The number of benzene rings is 5. The van der Waals surface area contributed by atoms with E-state index in [4.69, 9.17) is 66.3 Å². The normalized spacial score (nSPS) is 27.5. The standard InChI is InChI=1S/C105H166O14Si6/c1-33-34-55-88-97(117-121(27,28)101(9,10)11)99(119-123(31,32)103(15,16)17)98(118-122(29,30)102(12,13)14)96(114-88)89(115-120(25,26)100(6,7)8)64-59-78(106)58-62-80-69-74(3)86(110-80)65-63-81-68-73(2)75(4)90(111-81)70-92-94(108-72-77-56-60-79(107-24)61-57-77)76(5)95-93(112-92)71-91(116-125(105(21,22)23,84-51-43-37-44-52-84)85-53-45-38-46-54-85)87(113-95)66-67-109-124(104(18,19)20,82-47-39-35-40-48-82)83-49-41-36-42-50-83/h33,35-54,56-57,59-61,64,73,76,78,80-81,86-99,106H,1,3-4,34,55,58,62-63,65-72H2,2,5-32H3/t73-,76-,78?,80+,81+,86+,87-,88+,89+,90-,91-,92+,93+,94-,95+,96+,97+,98-,99+/m1/s1. The number of hydrogen-bond acceptors (Lipinski definition) is 14. The number of allylic oxidation sites excluding steroid dienone is 1. The molecular weight excluding hydrogens is 1650 g/mol. The van der Waals surface area contributed by atoms with Crippen LogP contribution in [-0.2, 0) is 61.6 Å². The van der Waals surface area contributed by atoms with Gasteiger partial charge in [0, 0.05) is 25.4 Å². The summed E-state index contributed by atoms with van der Waals surface area (Å²) in [5.41, 5.74) is 3.20. The lowest BCUT2D eigenvalue weighted by atomic mass is 9.79. The van der Waals surface area contributed by atoms with Gasteiger partial charge in [0.25, 0.3) is 16.6 Å². The summed E-state index contributed by atoms with van der Waals surface area (Å²) in [6.45, 7) is 79.6. The SMILES string of the molecule is C=CCC[C@@H]1O[C@@H]([C@H](C=CC(O)CC[C@H]2CC(=C)[C@H](CC[C@H]3C[C@@H](C)C(=C)[C@@H](C[C@@H]4O[C@H]5C[C@@H](O[Si](c6ccccc6)(c6ccccc6)C(C)(C)C)[C@@H](CCO[Si](c6ccccc6)(c6ccccc6)C(C)(C)C)O[C@H]5[C@H](C)[C@H]4OCc4ccc(OC)cc4)O3)O2)O[Si](C)(C)C(C)(C)C)[C@@H](O[Si](C)(C)C(C)(C)C)[C@@H](O[Si](C)(C)C(C)(C)C)[C@H]1O[Si](C)(C)C(C)(C)C. The summed E-state index contributed by atoms with van der Waals surface area (Å²) in [5, 5.41) is 16.3. The van der Waals surface area contributed by atoms with E-state index in [0.717, 1.165) is 54.6 Å². The Kier molecular flexibility index (Phi) is 34.0. The lowest BCUT2D eigenvalue weighted by Gasteiger charge is -2.56. The van der Waals surface area contributed by atoms with Gasteiger partial charge >= 0.3 is 0 Å². The monoisotopic (exact) mass is 1820 g/mol. The summed E-state index contributed by atoms with van der Waals surface area (Å²) in [6, 6.07) is 52.0. The smallest absolute Gasteiger partial charge is 0.261 e. The number of ether oxygens (including phenoxy) is 7. The molecule has 0 spiro atoms. The first kappa shape index (κ1) is 103. The molecule has 19 atom stereocenters. The van der Waals surface area contributed by atoms with Crippen LogP contribution in [0.1, 0.15) is 215 Å². The number of methoxy groups -OCH3 is 1.